The fourth-order valence-corrected chi connectivity index (χ4v) is 2.00. The van der Waals surface area contributed by atoms with Crippen molar-refractivity contribution in [3.8, 4) is 11.5 Å². The van der Waals surface area contributed by atoms with Crippen molar-refractivity contribution in [2.45, 2.75) is 20.0 Å². The maximum absolute atomic E-state index is 5.69. The monoisotopic (exact) mass is 334 g/mol. The Bertz CT molecular complexity index is 392. The standard InChI is InChI=1S/C11H15IN2O2/c1-7(2)16-11-9(12)4-8(6-14-13)5-10(11)15-3/h4-7H,13H2,1-3H3. The predicted octanol–water partition coefficient (Wildman–Crippen LogP) is 2.38. The summed E-state index contributed by atoms with van der Waals surface area (Å²) in [4.78, 5) is 0. The van der Waals surface area contributed by atoms with Gasteiger partial charge in [-0.3, -0.25) is 0 Å². The Morgan fingerprint density at radius 2 is 2.12 bits per heavy atom. The van der Waals surface area contributed by atoms with Crippen LogP contribution in [-0.2, 0) is 0 Å². The average Bonchev–Trinajstić information content (AvgIpc) is 2.21. The molecule has 0 bridgehead atoms. The Balaban J connectivity index is 3.17. The van der Waals surface area contributed by atoms with Gasteiger partial charge in [0.15, 0.2) is 11.5 Å². The number of nitrogens with zero attached hydrogens (tertiary/aromatic N) is 1. The van der Waals surface area contributed by atoms with Gasteiger partial charge in [-0.1, -0.05) is 0 Å². The molecule has 88 valence electrons. The van der Waals surface area contributed by atoms with Crippen molar-refractivity contribution in [3.63, 3.8) is 0 Å². The highest BCUT2D eigenvalue weighted by Gasteiger charge is 2.12. The summed E-state index contributed by atoms with van der Waals surface area (Å²) in [5, 5.41) is 3.49. The molecular weight excluding hydrogens is 319 g/mol. The minimum atomic E-state index is 0.108. The molecule has 0 aliphatic rings. The van der Waals surface area contributed by atoms with Gasteiger partial charge >= 0.3 is 0 Å². The molecule has 16 heavy (non-hydrogen) atoms. The number of halogens is 1. The van der Waals surface area contributed by atoms with Gasteiger partial charge in [-0.15, -0.1) is 0 Å². The van der Waals surface area contributed by atoms with Crippen LogP contribution in [-0.4, -0.2) is 19.4 Å². The van der Waals surface area contributed by atoms with E-state index in [1.54, 1.807) is 13.3 Å². The van der Waals surface area contributed by atoms with E-state index in [1.807, 2.05) is 26.0 Å². The largest absolute Gasteiger partial charge is 0.493 e. The van der Waals surface area contributed by atoms with Gasteiger partial charge in [0.1, 0.15) is 0 Å². The van der Waals surface area contributed by atoms with E-state index in [0.717, 1.165) is 14.9 Å². The zero-order valence-corrected chi connectivity index (χ0v) is 11.7. The van der Waals surface area contributed by atoms with Crippen molar-refractivity contribution >= 4 is 28.8 Å². The molecule has 4 nitrogen and oxygen atoms in total. The van der Waals surface area contributed by atoms with E-state index >= 15 is 0 Å². The van der Waals surface area contributed by atoms with Crippen LogP contribution in [0.1, 0.15) is 19.4 Å². The number of hydrazone groups is 1. The van der Waals surface area contributed by atoms with Gasteiger partial charge in [0.25, 0.3) is 0 Å². The number of rotatable bonds is 4. The molecule has 5 heteroatoms. The fourth-order valence-electron chi connectivity index (χ4n) is 1.25. The first-order chi connectivity index (χ1) is 7.58. The lowest BCUT2D eigenvalue weighted by molar-refractivity contribution is 0.228. The summed E-state index contributed by atoms with van der Waals surface area (Å²) in [7, 11) is 1.61. The predicted molar refractivity (Wildman–Crippen MR) is 73.3 cm³/mol. The second-order valence-electron chi connectivity index (χ2n) is 3.48. The Kier molecular flexibility index (Phi) is 4.85. The third-order valence-electron chi connectivity index (χ3n) is 1.83. The minimum Gasteiger partial charge on any atom is -0.493 e. The van der Waals surface area contributed by atoms with Gasteiger partial charge in [-0.2, -0.15) is 5.10 Å². The summed E-state index contributed by atoms with van der Waals surface area (Å²) in [6.07, 6.45) is 1.68. The molecule has 0 saturated carbocycles. The van der Waals surface area contributed by atoms with Crippen molar-refractivity contribution in [3.05, 3.63) is 21.3 Å². The molecule has 1 rings (SSSR count). The first kappa shape index (κ1) is 13.1. The third kappa shape index (κ3) is 3.26. The highest BCUT2D eigenvalue weighted by molar-refractivity contribution is 14.1. The van der Waals surface area contributed by atoms with Crippen LogP contribution in [0.2, 0.25) is 0 Å². The Morgan fingerprint density at radius 3 is 2.62 bits per heavy atom. The SMILES string of the molecule is COc1cc(C=NN)cc(I)c1OC(C)C. The summed E-state index contributed by atoms with van der Waals surface area (Å²) in [6.45, 7) is 3.95. The van der Waals surface area contributed by atoms with Gasteiger partial charge in [0.05, 0.1) is 23.0 Å². The van der Waals surface area contributed by atoms with E-state index in [-0.39, 0.29) is 6.10 Å². The molecule has 0 spiro atoms. The lowest BCUT2D eigenvalue weighted by atomic mass is 10.2. The number of nitrogens with two attached hydrogens (primary N) is 1. The highest BCUT2D eigenvalue weighted by Crippen LogP contribution is 2.34. The molecule has 2 N–H and O–H groups in total. The van der Waals surface area contributed by atoms with Crippen LogP contribution in [0.25, 0.3) is 0 Å². The summed E-state index contributed by atoms with van der Waals surface area (Å²) in [5.41, 5.74) is 0.889. The Hall–Kier alpha value is -0.980. The van der Waals surface area contributed by atoms with E-state index in [9.17, 15) is 0 Å². The van der Waals surface area contributed by atoms with Crippen LogP contribution in [0.3, 0.4) is 0 Å². The molecule has 1 aromatic rings. The number of methoxy groups -OCH3 is 1. The summed E-state index contributed by atoms with van der Waals surface area (Å²) < 4.78 is 11.9. The van der Waals surface area contributed by atoms with Crippen molar-refractivity contribution in [1.29, 1.82) is 0 Å². The molecule has 0 amide bonds. The van der Waals surface area contributed by atoms with Crippen LogP contribution in [0, 0.1) is 3.57 Å². The molecule has 1 aromatic carbocycles. The van der Waals surface area contributed by atoms with Gasteiger partial charge < -0.3 is 15.3 Å². The van der Waals surface area contributed by atoms with Gasteiger partial charge in [0, 0.05) is 0 Å². The number of hydrogen-bond donors (Lipinski definition) is 1. The van der Waals surface area contributed by atoms with E-state index in [2.05, 4.69) is 27.7 Å². The molecule has 0 heterocycles. The number of ether oxygens (including phenoxy) is 2. The normalized spacial score (nSPS) is 11.1. The molecule has 0 unspecified atom stereocenters. The van der Waals surface area contributed by atoms with Crippen LogP contribution in [0.15, 0.2) is 17.2 Å². The fraction of sp³-hybridized carbons (Fsp3) is 0.364. The van der Waals surface area contributed by atoms with E-state index in [0.29, 0.717) is 5.75 Å². The van der Waals surface area contributed by atoms with Crippen molar-refractivity contribution in [2.75, 3.05) is 7.11 Å². The summed E-state index contributed by atoms with van der Waals surface area (Å²) >= 11 is 2.20. The maximum atomic E-state index is 5.69. The molecule has 0 aromatic heterocycles. The zero-order valence-electron chi connectivity index (χ0n) is 9.53. The quantitative estimate of drug-likeness (QED) is 0.398. The van der Waals surface area contributed by atoms with Crippen LogP contribution in [0.4, 0.5) is 0 Å². The van der Waals surface area contributed by atoms with Gasteiger partial charge in [-0.25, -0.2) is 0 Å². The number of hydrogen-bond acceptors (Lipinski definition) is 4. The smallest absolute Gasteiger partial charge is 0.174 e. The van der Waals surface area contributed by atoms with Crippen LogP contribution in [0.5, 0.6) is 11.5 Å². The molecule has 0 saturated heterocycles. The van der Waals surface area contributed by atoms with E-state index < -0.39 is 0 Å². The van der Waals surface area contributed by atoms with E-state index in [4.69, 9.17) is 15.3 Å². The summed E-state index contributed by atoms with van der Waals surface area (Å²) in [6, 6.07) is 3.79. The Labute approximate surface area is 109 Å². The second kappa shape index (κ2) is 5.93. The molecule has 0 aliphatic carbocycles. The van der Waals surface area contributed by atoms with Crippen molar-refractivity contribution in [2.24, 2.45) is 10.9 Å². The van der Waals surface area contributed by atoms with E-state index in [1.165, 1.54) is 0 Å². The first-order valence-corrected chi connectivity index (χ1v) is 5.93. The topological polar surface area (TPSA) is 56.8 Å². The summed E-state index contributed by atoms with van der Waals surface area (Å²) in [5.74, 6) is 6.56. The molecule has 0 fully saturated rings. The zero-order chi connectivity index (χ0) is 12.1. The van der Waals surface area contributed by atoms with Crippen molar-refractivity contribution in [1.82, 2.24) is 0 Å². The maximum Gasteiger partial charge on any atom is 0.174 e. The minimum absolute atomic E-state index is 0.108. The third-order valence-corrected chi connectivity index (χ3v) is 2.63. The van der Waals surface area contributed by atoms with Crippen LogP contribution >= 0.6 is 22.6 Å². The molecule has 0 atom stereocenters. The van der Waals surface area contributed by atoms with Crippen molar-refractivity contribution < 1.29 is 9.47 Å². The first-order valence-electron chi connectivity index (χ1n) is 4.86. The van der Waals surface area contributed by atoms with Gasteiger partial charge in [0.2, 0.25) is 0 Å². The van der Waals surface area contributed by atoms with Crippen LogP contribution < -0.4 is 15.3 Å². The lowest BCUT2D eigenvalue weighted by Gasteiger charge is -2.15. The molecule has 0 radical (unpaired) electrons. The average molecular weight is 334 g/mol. The number of benzene rings is 1. The van der Waals surface area contributed by atoms with Gasteiger partial charge in [-0.05, 0) is 54.1 Å². The highest BCUT2D eigenvalue weighted by atomic mass is 127. The lowest BCUT2D eigenvalue weighted by Crippen LogP contribution is -2.08. The Morgan fingerprint density at radius 1 is 1.44 bits per heavy atom. The molecule has 0 aliphatic heterocycles. The molecular formula is C11H15IN2O2. The second-order valence-corrected chi connectivity index (χ2v) is 4.64.